The molecular formula is C15H12N2O3S. The number of aromatic hydroxyl groups is 2. The summed E-state index contributed by atoms with van der Waals surface area (Å²) >= 11 is 1.61. The smallest absolute Gasteiger partial charge is 0.258 e. The Balaban J connectivity index is 1.72. The minimum atomic E-state index is -0.217. The molecule has 0 saturated carbocycles. The summed E-state index contributed by atoms with van der Waals surface area (Å²) in [4.78, 5) is 5.41. The fourth-order valence-corrected chi connectivity index (χ4v) is 2.51. The van der Waals surface area contributed by atoms with Crippen LogP contribution < -0.4 is 0 Å². The normalized spacial score (nSPS) is 10.7. The third-order valence-electron chi connectivity index (χ3n) is 2.80. The van der Waals surface area contributed by atoms with Crippen LogP contribution >= 0.6 is 11.8 Å². The summed E-state index contributed by atoms with van der Waals surface area (Å²) in [5.74, 6) is 1.09. The van der Waals surface area contributed by atoms with Crippen molar-refractivity contribution in [2.45, 2.75) is 10.6 Å². The predicted octanol–water partition coefficient (Wildman–Crippen LogP) is 3.44. The van der Waals surface area contributed by atoms with Crippen LogP contribution in [0.25, 0.3) is 11.5 Å². The highest BCUT2D eigenvalue weighted by Gasteiger charge is 2.11. The van der Waals surface area contributed by atoms with Gasteiger partial charge in [0.05, 0.1) is 5.75 Å². The van der Waals surface area contributed by atoms with Gasteiger partial charge < -0.3 is 14.7 Å². The van der Waals surface area contributed by atoms with Crippen molar-refractivity contribution in [1.29, 1.82) is 0 Å². The fourth-order valence-electron chi connectivity index (χ4n) is 1.75. The van der Waals surface area contributed by atoms with Crippen molar-refractivity contribution >= 4 is 11.8 Å². The molecule has 0 aliphatic heterocycles. The third-order valence-corrected chi connectivity index (χ3v) is 3.81. The molecule has 0 amide bonds. The van der Waals surface area contributed by atoms with Gasteiger partial charge in [-0.3, -0.25) is 0 Å². The van der Waals surface area contributed by atoms with Crippen molar-refractivity contribution in [1.82, 2.24) is 10.1 Å². The van der Waals surface area contributed by atoms with Crippen LogP contribution in [0.5, 0.6) is 11.5 Å². The van der Waals surface area contributed by atoms with Gasteiger partial charge in [-0.15, -0.1) is 11.8 Å². The van der Waals surface area contributed by atoms with Gasteiger partial charge in [0.25, 0.3) is 5.89 Å². The Kier molecular flexibility index (Phi) is 3.79. The van der Waals surface area contributed by atoms with Crippen LogP contribution in [0.2, 0.25) is 0 Å². The molecule has 6 heteroatoms. The summed E-state index contributed by atoms with van der Waals surface area (Å²) in [5, 5.41) is 22.7. The standard InChI is InChI=1S/C15H12N2O3S/c18-12-7-6-10(8-13(12)19)15-16-14(17-20-15)9-21-11-4-2-1-3-5-11/h1-8,18-19H,9H2. The molecule has 5 nitrogen and oxygen atoms in total. The number of aromatic nitrogens is 2. The molecular weight excluding hydrogens is 288 g/mol. The van der Waals surface area contributed by atoms with E-state index in [9.17, 15) is 10.2 Å². The lowest BCUT2D eigenvalue weighted by atomic mass is 10.2. The molecule has 0 aliphatic carbocycles. The number of benzene rings is 2. The number of hydrogen-bond acceptors (Lipinski definition) is 6. The van der Waals surface area contributed by atoms with Crippen molar-refractivity contribution in [3.63, 3.8) is 0 Å². The Labute approximate surface area is 125 Å². The molecule has 1 heterocycles. The Morgan fingerprint density at radius 1 is 1.00 bits per heavy atom. The monoisotopic (exact) mass is 300 g/mol. The van der Waals surface area contributed by atoms with E-state index in [2.05, 4.69) is 10.1 Å². The molecule has 3 aromatic rings. The van der Waals surface area contributed by atoms with Gasteiger partial charge in [-0.2, -0.15) is 4.98 Å². The highest BCUT2D eigenvalue weighted by molar-refractivity contribution is 7.98. The quantitative estimate of drug-likeness (QED) is 0.567. The summed E-state index contributed by atoms with van der Waals surface area (Å²) in [7, 11) is 0. The first-order chi connectivity index (χ1) is 10.2. The van der Waals surface area contributed by atoms with Crippen molar-refractivity contribution < 1.29 is 14.7 Å². The molecule has 0 aliphatic rings. The average molecular weight is 300 g/mol. The van der Waals surface area contributed by atoms with Gasteiger partial charge in [-0.25, -0.2) is 0 Å². The molecule has 3 rings (SSSR count). The van der Waals surface area contributed by atoms with E-state index in [1.165, 1.54) is 12.1 Å². The number of phenolic OH excluding ortho intramolecular Hbond substituents is 2. The maximum Gasteiger partial charge on any atom is 0.258 e. The molecule has 21 heavy (non-hydrogen) atoms. The van der Waals surface area contributed by atoms with E-state index in [1.54, 1.807) is 17.8 Å². The second-order valence-corrected chi connectivity index (χ2v) is 5.37. The van der Waals surface area contributed by atoms with Crippen LogP contribution in [0.1, 0.15) is 5.82 Å². The van der Waals surface area contributed by atoms with Gasteiger partial charge in [0.1, 0.15) is 0 Å². The second-order valence-electron chi connectivity index (χ2n) is 4.32. The van der Waals surface area contributed by atoms with E-state index >= 15 is 0 Å². The largest absolute Gasteiger partial charge is 0.504 e. The zero-order valence-corrected chi connectivity index (χ0v) is 11.7. The summed E-state index contributed by atoms with van der Waals surface area (Å²) in [6, 6.07) is 14.3. The van der Waals surface area contributed by atoms with Crippen molar-refractivity contribution in [2.24, 2.45) is 0 Å². The molecule has 0 spiro atoms. The molecule has 2 aromatic carbocycles. The highest BCUT2D eigenvalue weighted by atomic mass is 32.2. The molecule has 0 saturated heterocycles. The van der Waals surface area contributed by atoms with Crippen LogP contribution in [0, 0.1) is 0 Å². The number of hydrogen-bond donors (Lipinski definition) is 2. The van der Waals surface area contributed by atoms with Crippen molar-refractivity contribution in [3.05, 3.63) is 54.4 Å². The van der Waals surface area contributed by atoms with Crippen LogP contribution in [0.15, 0.2) is 57.9 Å². The maximum atomic E-state index is 9.48. The molecule has 2 N–H and O–H groups in total. The first kappa shape index (κ1) is 13.5. The summed E-state index contributed by atoms with van der Waals surface area (Å²) < 4.78 is 5.17. The van der Waals surface area contributed by atoms with Crippen molar-refractivity contribution in [3.8, 4) is 23.0 Å². The Morgan fingerprint density at radius 3 is 2.57 bits per heavy atom. The molecule has 0 unspecified atom stereocenters. The lowest BCUT2D eigenvalue weighted by molar-refractivity contribution is 0.402. The van der Waals surface area contributed by atoms with Gasteiger partial charge >= 0.3 is 0 Å². The zero-order valence-electron chi connectivity index (χ0n) is 10.9. The Hall–Kier alpha value is -2.47. The first-order valence-electron chi connectivity index (χ1n) is 6.25. The summed E-state index contributed by atoms with van der Waals surface area (Å²) in [6.07, 6.45) is 0. The fraction of sp³-hybridized carbons (Fsp3) is 0.0667. The SMILES string of the molecule is Oc1ccc(-c2nc(CSc3ccccc3)no2)cc1O. The first-order valence-corrected chi connectivity index (χ1v) is 7.24. The molecule has 106 valence electrons. The number of rotatable bonds is 4. The number of nitrogens with zero attached hydrogens (tertiary/aromatic N) is 2. The molecule has 0 radical (unpaired) electrons. The van der Waals surface area contributed by atoms with Gasteiger partial charge in [0, 0.05) is 10.5 Å². The van der Waals surface area contributed by atoms with E-state index in [4.69, 9.17) is 4.52 Å². The van der Waals surface area contributed by atoms with Crippen LogP contribution in [0.4, 0.5) is 0 Å². The molecule has 0 fully saturated rings. The van der Waals surface area contributed by atoms with Gasteiger partial charge in [-0.1, -0.05) is 23.4 Å². The van der Waals surface area contributed by atoms with Crippen LogP contribution in [-0.4, -0.2) is 20.4 Å². The third kappa shape index (κ3) is 3.17. The van der Waals surface area contributed by atoms with E-state index in [1.807, 2.05) is 30.3 Å². The zero-order chi connectivity index (χ0) is 14.7. The van der Waals surface area contributed by atoms with E-state index < -0.39 is 0 Å². The minimum Gasteiger partial charge on any atom is -0.504 e. The van der Waals surface area contributed by atoms with Crippen LogP contribution in [-0.2, 0) is 5.75 Å². The lowest BCUT2D eigenvalue weighted by Gasteiger charge is -1.98. The molecule has 1 aromatic heterocycles. The van der Waals surface area contributed by atoms with Gasteiger partial charge in [0.15, 0.2) is 17.3 Å². The van der Waals surface area contributed by atoms with Crippen molar-refractivity contribution in [2.75, 3.05) is 0 Å². The number of phenols is 2. The summed E-state index contributed by atoms with van der Waals surface area (Å²) in [5.41, 5.74) is 0.564. The second kappa shape index (κ2) is 5.88. The highest BCUT2D eigenvalue weighted by Crippen LogP contribution is 2.30. The minimum absolute atomic E-state index is 0.182. The predicted molar refractivity (Wildman–Crippen MR) is 79.1 cm³/mol. The number of thioether (sulfide) groups is 1. The van der Waals surface area contributed by atoms with E-state index in [0.717, 1.165) is 4.90 Å². The lowest BCUT2D eigenvalue weighted by Crippen LogP contribution is -1.84. The Morgan fingerprint density at radius 2 is 1.81 bits per heavy atom. The summed E-state index contributed by atoms with van der Waals surface area (Å²) in [6.45, 7) is 0. The van der Waals surface area contributed by atoms with Gasteiger partial charge in [0.2, 0.25) is 0 Å². The Bertz CT molecular complexity index is 744. The topological polar surface area (TPSA) is 79.4 Å². The maximum absolute atomic E-state index is 9.48. The van der Waals surface area contributed by atoms with Crippen LogP contribution in [0.3, 0.4) is 0 Å². The van der Waals surface area contributed by atoms with E-state index in [-0.39, 0.29) is 11.5 Å². The molecule has 0 bridgehead atoms. The average Bonchev–Trinajstić information content (AvgIpc) is 2.98. The van der Waals surface area contributed by atoms with Gasteiger partial charge in [-0.05, 0) is 30.3 Å². The molecule has 0 atom stereocenters. The van der Waals surface area contributed by atoms with E-state index in [0.29, 0.717) is 23.0 Å².